The van der Waals surface area contributed by atoms with Crippen molar-refractivity contribution in [3.05, 3.63) is 30.3 Å². The molecule has 2 saturated carbocycles. The van der Waals surface area contributed by atoms with Gasteiger partial charge in [-0.05, 0) is 35.8 Å². The second-order valence-corrected chi connectivity index (χ2v) is 7.62. The average Bonchev–Trinajstić information content (AvgIpc) is 2.65. The molecule has 0 amide bonds. The van der Waals surface area contributed by atoms with Crippen LogP contribution in [0.15, 0.2) is 35.2 Å². The van der Waals surface area contributed by atoms with Gasteiger partial charge in [0.25, 0.3) is 0 Å². The first-order valence-electron chi connectivity index (χ1n) is 6.72. The van der Waals surface area contributed by atoms with Gasteiger partial charge in [0.2, 0.25) is 0 Å². The van der Waals surface area contributed by atoms with E-state index >= 15 is 0 Å². The lowest BCUT2D eigenvalue weighted by molar-refractivity contribution is -0.122. The number of hydrogen-bond donors (Lipinski definition) is 0. The van der Waals surface area contributed by atoms with E-state index in [1.54, 1.807) is 11.8 Å². The molecule has 0 aromatic heterocycles. The summed E-state index contributed by atoms with van der Waals surface area (Å²) < 4.78 is 0. The maximum Gasteiger partial charge on any atom is 0.150 e. The van der Waals surface area contributed by atoms with E-state index in [9.17, 15) is 4.79 Å². The molecule has 3 atom stereocenters. The lowest BCUT2D eigenvalue weighted by Gasteiger charge is -2.37. The van der Waals surface area contributed by atoms with Crippen molar-refractivity contribution in [3.8, 4) is 0 Å². The van der Waals surface area contributed by atoms with Gasteiger partial charge in [0.15, 0.2) is 0 Å². The normalized spacial score (nSPS) is 37.2. The molecule has 0 saturated heterocycles. The van der Waals surface area contributed by atoms with Crippen LogP contribution < -0.4 is 0 Å². The van der Waals surface area contributed by atoms with Gasteiger partial charge in [-0.3, -0.25) is 4.79 Å². The van der Waals surface area contributed by atoms with E-state index in [1.807, 2.05) is 18.2 Å². The van der Waals surface area contributed by atoms with Gasteiger partial charge in [-0.25, -0.2) is 0 Å². The summed E-state index contributed by atoms with van der Waals surface area (Å²) in [5, 5.41) is 0.147. The molecule has 0 unspecified atom stereocenters. The molecule has 0 N–H and O–H groups in total. The SMILES string of the molecule is CC1(C)[C@H]2CC[C@]1(C)[C@H](Sc1ccccc1)C2=O. The number of carbonyl (C=O) groups is 1. The molecule has 1 nitrogen and oxygen atoms in total. The smallest absolute Gasteiger partial charge is 0.150 e. The molecule has 2 fully saturated rings. The Morgan fingerprint density at radius 1 is 1.17 bits per heavy atom. The lowest BCUT2D eigenvalue weighted by atomic mass is 9.71. The molecular formula is C16H20OS. The summed E-state index contributed by atoms with van der Waals surface area (Å²) in [5.41, 5.74) is 0.325. The van der Waals surface area contributed by atoms with E-state index in [0.717, 1.165) is 6.42 Å². The molecule has 2 bridgehead atoms. The van der Waals surface area contributed by atoms with Crippen molar-refractivity contribution in [3.63, 3.8) is 0 Å². The molecule has 0 heterocycles. The number of ketones is 1. The number of fused-ring (bicyclic) bond motifs is 2. The van der Waals surface area contributed by atoms with Crippen LogP contribution in [0, 0.1) is 16.7 Å². The molecule has 0 radical (unpaired) electrons. The Kier molecular flexibility index (Phi) is 2.64. The fourth-order valence-corrected chi connectivity index (χ4v) is 5.36. The van der Waals surface area contributed by atoms with Gasteiger partial charge in [0.1, 0.15) is 5.78 Å². The fourth-order valence-electron chi connectivity index (χ4n) is 3.81. The summed E-state index contributed by atoms with van der Waals surface area (Å²) in [6.45, 7) is 6.89. The average molecular weight is 260 g/mol. The van der Waals surface area contributed by atoms with Crippen LogP contribution in [-0.2, 0) is 4.79 Å². The minimum Gasteiger partial charge on any atom is -0.298 e. The maximum absolute atomic E-state index is 12.6. The summed E-state index contributed by atoms with van der Waals surface area (Å²) in [7, 11) is 0. The van der Waals surface area contributed by atoms with Crippen LogP contribution in [0.4, 0.5) is 0 Å². The zero-order chi connectivity index (χ0) is 13.0. The minimum absolute atomic E-state index is 0.147. The summed E-state index contributed by atoms with van der Waals surface area (Å²) in [6, 6.07) is 10.3. The second kappa shape index (κ2) is 3.86. The molecule has 18 heavy (non-hydrogen) atoms. The van der Waals surface area contributed by atoms with Crippen molar-refractivity contribution in [1.82, 2.24) is 0 Å². The third kappa shape index (κ3) is 1.45. The Morgan fingerprint density at radius 2 is 1.83 bits per heavy atom. The summed E-state index contributed by atoms with van der Waals surface area (Å²) >= 11 is 1.77. The van der Waals surface area contributed by atoms with E-state index in [-0.39, 0.29) is 22.0 Å². The van der Waals surface area contributed by atoms with E-state index in [4.69, 9.17) is 0 Å². The summed E-state index contributed by atoms with van der Waals surface area (Å²) in [5.74, 6) is 0.770. The van der Waals surface area contributed by atoms with Crippen LogP contribution in [0.2, 0.25) is 0 Å². The Bertz CT molecular complexity index is 479. The van der Waals surface area contributed by atoms with Gasteiger partial charge in [0, 0.05) is 10.8 Å². The van der Waals surface area contributed by atoms with Gasteiger partial charge < -0.3 is 0 Å². The highest BCUT2D eigenvalue weighted by atomic mass is 32.2. The van der Waals surface area contributed by atoms with Gasteiger partial charge >= 0.3 is 0 Å². The Morgan fingerprint density at radius 3 is 2.39 bits per heavy atom. The van der Waals surface area contributed by atoms with Crippen molar-refractivity contribution in [2.45, 2.75) is 43.8 Å². The van der Waals surface area contributed by atoms with E-state index < -0.39 is 0 Å². The lowest BCUT2D eigenvalue weighted by Crippen LogP contribution is -2.35. The first-order valence-corrected chi connectivity index (χ1v) is 7.60. The number of hydrogen-bond acceptors (Lipinski definition) is 2. The molecule has 1 aromatic rings. The van der Waals surface area contributed by atoms with Crippen molar-refractivity contribution < 1.29 is 4.79 Å². The monoisotopic (exact) mass is 260 g/mol. The van der Waals surface area contributed by atoms with E-state index in [1.165, 1.54) is 11.3 Å². The maximum atomic E-state index is 12.6. The van der Waals surface area contributed by atoms with Crippen LogP contribution in [0.1, 0.15) is 33.6 Å². The Hall–Kier alpha value is -0.760. The second-order valence-electron chi connectivity index (χ2n) is 6.44. The molecule has 96 valence electrons. The van der Waals surface area contributed by atoms with E-state index in [0.29, 0.717) is 5.78 Å². The third-order valence-corrected chi connectivity index (χ3v) is 7.01. The molecule has 2 aliphatic rings. The minimum atomic E-state index is 0.147. The number of Topliss-reactive ketones (excluding diaryl/α,β-unsaturated/α-hetero) is 1. The van der Waals surface area contributed by atoms with E-state index in [2.05, 4.69) is 32.9 Å². The number of carbonyl (C=O) groups excluding carboxylic acids is 1. The van der Waals surface area contributed by atoms with Crippen LogP contribution >= 0.6 is 11.8 Å². The molecular weight excluding hydrogens is 240 g/mol. The quantitative estimate of drug-likeness (QED) is 0.793. The Balaban J connectivity index is 1.93. The highest BCUT2D eigenvalue weighted by Gasteiger charge is 2.66. The third-order valence-electron chi connectivity index (χ3n) is 5.47. The molecule has 0 spiro atoms. The number of benzene rings is 1. The van der Waals surface area contributed by atoms with Crippen molar-refractivity contribution >= 4 is 17.5 Å². The molecule has 2 heteroatoms. The van der Waals surface area contributed by atoms with Gasteiger partial charge in [-0.1, -0.05) is 39.0 Å². The topological polar surface area (TPSA) is 17.1 Å². The standard InChI is InChI=1S/C16H20OS/c1-15(2)12-9-10-16(15,3)14(13(12)17)18-11-7-5-4-6-8-11/h4-8,12,14H,9-10H2,1-3H3/t12-,14+,16+/m0/s1. The predicted molar refractivity (Wildman–Crippen MR) is 75.7 cm³/mol. The highest BCUT2D eigenvalue weighted by Crippen LogP contribution is 2.67. The van der Waals surface area contributed by atoms with Crippen LogP contribution in [-0.4, -0.2) is 11.0 Å². The van der Waals surface area contributed by atoms with Crippen LogP contribution in [0.25, 0.3) is 0 Å². The number of rotatable bonds is 2. The van der Waals surface area contributed by atoms with Crippen molar-refractivity contribution in [1.29, 1.82) is 0 Å². The van der Waals surface area contributed by atoms with Crippen LogP contribution in [0.5, 0.6) is 0 Å². The van der Waals surface area contributed by atoms with Crippen molar-refractivity contribution in [2.75, 3.05) is 0 Å². The zero-order valence-electron chi connectivity index (χ0n) is 11.3. The van der Waals surface area contributed by atoms with Gasteiger partial charge in [0.05, 0.1) is 5.25 Å². The zero-order valence-corrected chi connectivity index (χ0v) is 12.1. The largest absolute Gasteiger partial charge is 0.298 e. The summed E-state index contributed by atoms with van der Waals surface area (Å²) in [6.07, 6.45) is 2.29. The molecule has 1 aromatic carbocycles. The van der Waals surface area contributed by atoms with Crippen LogP contribution in [0.3, 0.4) is 0 Å². The Labute approximate surface area is 113 Å². The molecule has 3 rings (SSSR count). The first-order chi connectivity index (χ1) is 8.47. The first kappa shape index (κ1) is 12.3. The predicted octanol–water partition coefficient (Wildman–Crippen LogP) is 4.17. The molecule has 2 aliphatic carbocycles. The van der Waals surface area contributed by atoms with Crippen molar-refractivity contribution in [2.24, 2.45) is 16.7 Å². The van der Waals surface area contributed by atoms with Gasteiger partial charge in [-0.2, -0.15) is 0 Å². The summed E-state index contributed by atoms with van der Waals surface area (Å²) in [4.78, 5) is 13.8. The highest BCUT2D eigenvalue weighted by molar-refractivity contribution is 8.00. The molecule has 0 aliphatic heterocycles. The van der Waals surface area contributed by atoms with Gasteiger partial charge in [-0.15, -0.1) is 11.8 Å². The fraction of sp³-hybridized carbons (Fsp3) is 0.562. The number of thioether (sulfide) groups is 1.